The molecule has 4 nitrogen and oxygen atoms in total. The summed E-state index contributed by atoms with van der Waals surface area (Å²) in [6.07, 6.45) is 1.60. The molecule has 3 rings (SSSR count). The van der Waals surface area contributed by atoms with E-state index < -0.39 is 0 Å². The van der Waals surface area contributed by atoms with Gasteiger partial charge in [-0.1, -0.05) is 24.3 Å². The molecule has 0 spiro atoms. The van der Waals surface area contributed by atoms with Gasteiger partial charge in [0.05, 0.1) is 25.0 Å². The van der Waals surface area contributed by atoms with Crippen molar-refractivity contribution >= 4 is 21.6 Å². The van der Waals surface area contributed by atoms with Crippen LogP contribution in [0.2, 0.25) is 0 Å². The average molecular weight is 286 g/mol. The van der Waals surface area contributed by atoms with Gasteiger partial charge < -0.3 is 5.11 Å². The summed E-state index contributed by atoms with van der Waals surface area (Å²) in [5.41, 5.74) is 3.72. The number of aliphatic hydroxyl groups excluding tert-OH is 1. The molecule has 0 atom stereocenters. The monoisotopic (exact) mass is 286 g/mol. The van der Waals surface area contributed by atoms with E-state index in [9.17, 15) is 4.79 Å². The van der Waals surface area contributed by atoms with E-state index in [2.05, 4.69) is 4.98 Å². The minimum Gasteiger partial charge on any atom is -0.392 e. The van der Waals surface area contributed by atoms with Gasteiger partial charge in [0.1, 0.15) is 4.70 Å². The van der Waals surface area contributed by atoms with Crippen LogP contribution in [0.1, 0.15) is 16.7 Å². The number of nitrogens with zero attached hydrogens (tertiary/aromatic N) is 2. The number of hydrogen-bond acceptors (Lipinski definition) is 4. The molecule has 1 aromatic carbocycles. The minimum absolute atomic E-state index is 0.000616. The van der Waals surface area contributed by atoms with Crippen LogP contribution in [0.3, 0.4) is 0 Å². The number of rotatable bonds is 3. The SMILES string of the molecule is Cc1csc2c(=O)n(Cc3ccc(CO)cc3)cnc12. The Hall–Kier alpha value is -1.98. The number of aliphatic hydroxyl groups is 1. The topological polar surface area (TPSA) is 55.1 Å². The van der Waals surface area contributed by atoms with E-state index >= 15 is 0 Å². The summed E-state index contributed by atoms with van der Waals surface area (Å²) in [6, 6.07) is 7.56. The molecule has 0 aliphatic rings. The Morgan fingerprint density at radius 3 is 2.65 bits per heavy atom. The van der Waals surface area contributed by atoms with Crippen molar-refractivity contribution < 1.29 is 5.11 Å². The van der Waals surface area contributed by atoms with E-state index in [0.717, 1.165) is 22.2 Å². The van der Waals surface area contributed by atoms with Crippen molar-refractivity contribution in [1.82, 2.24) is 9.55 Å². The standard InChI is InChI=1S/C15H14N2O2S/c1-10-8-20-14-13(10)16-9-17(15(14)19)6-11-2-4-12(7-18)5-3-11/h2-5,8-9,18H,6-7H2,1H3. The van der Waals surface area contributed by atoms with Gasteiger partial charge in [-0.05, 0) is 29.0 Å². The van der Waals surface area contributed by atoms with Crippen LogP contribution in [0.15, 0.2) is 40.8 Å². The summed E-state index contributed by atoms with van der Waals surface area (Å²) in [5.74, 6) is 0. The fourth-order valence-electron chi connectivity index (χ4n) is 2.12. The fraction of sp³-hybridized carbons (Fsp3) is 0.200. The summed E-state index contributed by atoms with van der Waals surface area (Å²) in [7, 11) is 0. The highest BCUT2D eigenvalue weighted by Crippen LogP contribution is 2.19. The van der Waals surface area contributed by atoms with Crippen molar-refractivity contribution in [3.63, 3.8) is 0 Å². The van der Waals surface area contributed by atoms with Crippen molar-refractivity contribution in [2.75, 3.05) is 0 Å². The molecule has 102 valence electrons. The normalized spacial score (nSPS) is 11.1. The lowest BCUT2D eigenvalue weighted by Crippen LogP contribution is -2.20. The largest absolute Gasteiger partial charge is 0.392 e. The molecule has 0 aliphatic heterocycles. The molecule has 0 bridgehead atoms. The van der Waals surface area contributed by atoms with Gasteiger partial charge in [0, 0.05) is 0 Å². The van der Waals surface area contributed by atoms with Crippen LogP contribution in [-0.4, -0.2) is 14.7 Å². The molecule has 3 aromatic rings. The third-order valence-electron chi connectivity index (χ3n) is 3.28. The zero-order valence-electron chi connectivity index (χ0n) is 11.0. The average Bonchev–Trinajstić information content (AvgIpc) is 2.85. The highest BCUT2D eigenvalue weighted by Gasteiger charge is 2.08. The Morgan fingerprint density at radius 2 is 1.95 bits per heavy atom. The van der Waals surface area contributed by atoms with Crippen molar-refractivity contribution in [2.45, 2.75) is 20.1 Å². The number of fused-ring (bicyclic) bond motifs is 1. The first-order valence-electron chi connectivity index (χ1n) is 6.31. The van der Waals surface area contributed by atoms with E-state index in [0.29, 0.717) is 11.2 Å². The maximum atomic E-state index is 12.4. The highest BCUT2D eigenvalue weighted by molar-refractivity contribution is 7.17. The molecule has 0 amide bonds. The Balaban J connectivity index is 1.97. The van der Waals surface area contributed by atoms with Crippen LogP contribution in [-0.2, 0) is 13.2 Å². The third-order valence-corrected chi connectivity index (χ3v) is 4.36. The van der Waals surface area contributed by atoms with E-state index in [4.69, 9.17) is 5.11 Å². The molecule has 0 saturated heterocycles. The predicted octanol–water partition coefficient (Wildman–Crippen LogP) is 2.31. The highest BCUT2D eigenvalue weighted by atomic mass is 32.1. The van der Waals surface area contributed by atoms with E-state index in [1.807, 2.05) is 36.6 Å². The number of benzene rings is 1. The lowest BCUT2D eigenvalue weighted by atomic mass is 10.1. The van der Waals surface area contributed by atoms with E-state index in [-0.39, 0.29) is 12.2 Å². The van der Waals surface area contributed by atoms with Crippen LogP contribution in [0.25, 0.3) is 10.2 Å². The van der Waals surface area contributed by atoms with Crippen LogP contribution in [0, 0.1) is 6.92 Å². The number of hydrogen-bond donors (Lipinski definition) is 1. The van der Waals surface area contributed by atoms with E-state index in [1.165, 1.54) is 11.3 Å². The van der Waals surface area contributed by atoms with Gasteiger partial charge in [-0.2, -0.15) is 0 Å². The second-order valence-electron chi connectivity index (χ2n) is 4.75. The van der Waals surface area contributed by atoms with E-state index in [1.54, 1.807) is 10.9 Å². The maximum Gasteiger partial charge on any atom is 0.271 e. The van der Waals surface area contributed by atoms with Crippen LogP contribution < -0.4 is 5.56 Å². The first kappa shape index (κ1) is 13.0. The smallest absolute Gasteiger partial charge is 0.271 e. The molecule has 0 aliphatic carbocycles. The first-order chi connectivity index (χ1) is 9.69. The lowest BCUT2D eigenvalue weighted by molar-refractivity contribution is 0.282. The maximum absolute atomic E-state index is 12.4. The Bertz CT molecular complexity index is 803. The molecule has 5 heteroatoms. The lowest BCUT2D eigenvalue weighted by Gasteiger charge is -2.06. The number of aryl methyl sites for hydroxylation is 1. The van der Waals surface area contributed by atoms with Crippen molar-refractivity contribution in [3.05, 3.63) is 63.0 Å². The summed E-state index contributed by atoms with van der Waals surface area (Å²) in [6.45, 7) is 2.48. The summed E-state index contributed by atoms with van der Waals surface area (Å²) in [4.78, 5) is 16.7. The second-order valence-corrected chi connectivity index (χ2v) is 5.63. The molecule has 2 aromatic heterocycles. The summed E-state index contributed by atoms with van der Waals surface area (Å²) < 4.78 is 2.32. The fourth-order valence-corrected chi connectivity index (χ4v) is 3.07. The van der Waals surface area contributed by atoms with Gasteiger partial charge >= 0.3 is 0 Å². The zero-order valence-corrected chi connectivity index (χ0v) is 11.9. The molecular weight excluding hydrogens is 272 g/mol. The van der Waals surface area contributed by atoms with Crippen LogP contribution >= 0.6 is 11.3 Å². The molecule has 0 unspecified atom stereocenters. The summed E-state index contributed by atoms with van der Waals surface area (Å²) >= 11 is 1.44. The molecule has 0 radical (unpaired) electrons. The number of thiophene rings is 1. The second kappa shape index (κ2) is 5.19. The predicted molar refractivity (Wildman–Crippen MR) is 80.1 cm³/mol. The van der Waals surface area contributed by atoms with Gasteiger partial charge in [-0.15, -0.1) is 11.3 Å². The van der Waals surface area contributed by atoms with Crippen LogP contribution in [0.4, 0.5) is 0 Å². The first-order valence-corrected chi connectivity index (χ1v) is 7.19. The quantitative estimate of drug-likeness (QED) is 0.804. The van der Waals surface area contributed by atoms with Gasteiger partial charge in [0.25, 0.3) is 5.56 Å². The molecular formula is C15H14N2O2S. The molecule has 2 heterocycles. The van der Waals surface area contributed by atoms with Crippen LogP contribution in [0.5, 0.6) is 0 Å². The number of aromatic nitrogens is 2. The Morgan fingerprint density at radius 1 is 1.25 bits per heavy atom. The van der Waals surface area contributed by atoms with Crippen molar-refractivity contribution in [1.29, 1.82) is 0 Å². The zero-order chi connectivity index (χ0) is 14.1. The molecule has 20 heavy (non-hydrogen) atoms. The minimum atomic E-state index is -0.000616. The van der Waals surface area contributed by atoms with Gasteiger partial charge in [0.15, 0.2) is 0 Å². The van der Waals surface area contributed by atoms with Gasteiger partial charge in [-0.3, -0.25) is 9.36 Å². The molecule has 0 fully saturated rings. The molecule has 1 N–H and O–H groups in total. The molecule has 0 saturated carbocycles. The van der Waals surface area contributed by atoms with Gasteiger partial charge in [-0.25, -0.2) is 4.98 Å². The summed E-state index contributed by atoms with van der Waals surface area (Å²) in [5, 5.41) is 11.0. The van der Waals surface area contributed by atoms with Crippen molar-refractivity contribution in [2.24, 2.45) is 0 Å². The Kier molecular flexibility index (Phi) is 3.38. The Labute approximate surface area is 120 Å². The van der Waals surface area contributed by atoms with Crippen molar-refractivity contribution in [3.8, 4) is 0 Å². The van der Waals surface area contributed by atoms with Gasteiger partial charge in [0.2, 0.25) is 0 Å². The third kappa shape index (κ3) is 2.26.